The lowest BCUT2D eigenvalue weighted by Crippen LogP contribution is -2.37. The summed E-state index contributed by atoms with van der Waals surface area (Å²) in [5.41, 5.74) is 12.9. The fourth-order valence-corrected chi connectivity index (χ4v) is 6.16. The van der Waals surface area contributed by atoms with E-state index in [9.17, 15) is 5.21 Å². The molecular weight excluding hydrogens is 444 g/mol. The summed E-state index contributed by atoms with van der Waals surface area (Å²) in [4.78, 5) is 15.3. The normalized spacial score (nSPS) is 16.9. The summed E-state index contributed by atoms with van der Waals surface area (Å²) < 4.78 is 0. The second-order valence-corrected chi connectivity index (χ2v) is 10.3. The number of aliphatic imine (C=N–C) groups is 1. The van der Waals surface area contributed by atoms with Gasteiger partial charge in [0.15, 0.2) is 0 Å². The Morgan fingerprint density at radius 1 is 1.35 bits per heavy atom. The van der Waals surface area contributed by atoms with Crippen molar-refractivity contribution in [1.29, 1.82) is 0 Å². The summed E-state index contributed by atoms with van der Waals surface area (Å²) in [6, 6.07) is 4.46. The standard InChI is InChI=1S/C26H32N6OS/c1-15(2)23-24-19(21(28-3)7-9-27)12-22(17-11-16-13-29-10-8-20(16)30-14-17)31-25(24)34-26(23)32(33)18-5-4-6-18/h7,9,11-12,14-15,18,29,33H,4-6,8,10,13,27H2,1-3H3. The van der Waals surface area contributed by atoms with Crippen molar-refractivity contribution in [3.63, 3.8) is 0 Å². The second-order valence-electron chi connectivity index (χ2n) is 9.36. The molecule has 7 nitrogen and oxygen atoms in total. The van der Waals surface area contributed by atoms with E-state index in [1.807, 2.05) is 12.3 Å². The molecule has 0 spiro atoms. The van der Waals surface area contributed by atoms with Crippen LogP contribution in [0.15, 0.2) is 35.6 Å². The van der Waals surface area contributed by atoms with E-state index < -0.39 is 0 Å². The Bertz CT molecular complexity index is 1270. The Morgan fingerprint density at radius 3 is 2.85 bits per heavy atom. The molecule has 4 N–H and O–H groups in total. The summed E-state index contributed by atoms with van der Waals surface area (Å²) in [6.45, 7) is 6.12. The lowest BCUT2D eigenvalue weighted by molar-refractivity contribution is 0.172. The highest BCUT2D eigenvalue weighted by Crippen LogP contribution is 2.46. The summed E-state index contributed by atoms with van der Waals surface area (Å²) in [5.74, 6) is 0.210. The summed E-state index contributed by atoms with van der Waals surface area (Å²) in [6.07, 6.45) is 9.41. The number of rotatable bonds is 6. The van der Waals surface area contributed by atoms with Gasteiger partial charge < -0.3 is 11.1 Å². The van der Waals surface area contributed by atoms with Gasteiger partial charge in [0.25, 0.3) is 0 Å². The van der Waals surface area contributed by atoms with E-state index in [4.69, 9.17) is 15.7 Å². The van der Waals surface area contributed by atoms with E-state index in [-0.39, 0.29) is 12.0 Å². The zero-order valence-electron chi connectivity index (χ0n) is 20.0. The number of nitrogens with zero attached hydrogens (tertiary/aromatic N) is 4. The van der Waals surface area contributed by atoms with Gasteiger partial charge in [0.2, 0.25) is 0 Å². The van der Waals surface area contributed by atoms with Crippen molar-refractivity contribution < 1.29 is 5.21 Å². The number of thiophene rings is 1. The minimum absolute atomic E-state index is 0.175. The van der Waals surface area contributed by atoms with Gasteiger partial charge >= 0.3 is 0 Å². The van der Waals surface area contributed by atoms with Gasteiger partial charge in [-0.2, -0.15) is 0 Å². The van der Waals surface area contributed by atoms with Gasteiger partial charge in [0.05, 0.1) is 17.4 Å². The molecule has 1 aliphatic heterocycles. The maximum absolute atomic E-state index is 11.1. The van der Waals surface area contributed by atoms with Gasteiger partial charge in [-0.25, -0.2) is 10.0 Å². The Labute approximate surface area is 204 Å². The Morgan fingerprint density at radius 2 is 2.18 bits per heavy atom. The third kappa shape index (κ3) is 4.00. The van der Waals surface area contributed by atoms with Gasteiger partial charge in [-0.1, -0.05) is 25.2 Å². The second kappa shape index (κ2) is 9.44. The fourth-order valence-electron chi connectivity index (χ4n) is 4.82. The molecule has 0 saturated heterocycles. The van der Waals surface area contributed by atoms with Crippen LogP contribution in [-0.4, -0.2) is 40.5 Å². The predicted octanol–water partition coefficient (Wildman–Crippen LogP) is 4.77. The van der Waals surface area contributed by atoms with Crippen LogP contribution in [0.3, 0.4) is 0 Å². The van der Waals surface area contributed by atoms with Crippen LogP contribution in [0.25, 0.3) is 21.5 Å². The minimum Gasteiger partial charge on any atom is -0.405 e. The summed E-state index contributed by atoms with van der Waals surface area (Å²) in [5, 5.41) is 18.0. The van der Waals surface area contributed by atoms with Crippen molar-refractivity contribution in [3.05, 3.63) is 53.0 Å². The molecule has 178 valence electrons. The van der Waals surface area contributed by atoms with E-state index in [0.717, 1.165) is 87.8 Å². The number of allylic oxidation sites excluding steroid dienone is 1. The van der Waals surface area contributed by atoms with Crippen molar-refractivity contribution in [1.82, 2.24) is 15.3 Å². The number of hydrogen-bond donors (Lipinski definition) is 3. The van der Waals surface area contributed by atoms with E-state index in [1.54, 1.807) is 18.4 Å². The Kier molecular flexibility index (Phi) is 6.38. The lowest BCUT2D eigenvalue weighted by Gasteiger charge is -2.34. The average Bonchev–Trinajstić information content (AvgIpc) is 3.20. The zero-order chi connectivity index (χ0) is 23.8. The molecule has 0 amide bonds. The highest BCUT2D eigenvalue weighted by molar-refractivity contribution is 7.22. The van der Waals surface area contributed by atoms with Crippen LogP contribution in [0, 0.1) is 0 Å². The minimum atomic E-state index is 0.175. The van der Waals surface area contributed by atoms with Crippen molar-refractivity contribution >= 4 is 32.3 Å². The molecular formula is C26H32N6OS. The first-order valence-corrected chi connectivity index (χ1v) is 12.8. The van der Waals surface area contributed by atoms with Gasteiger partial charge in [0.1, 0.15) is 9.83 Å². The molecule has 5 rings (SSSR count). The third-order valence-corrected chi connectivity index (χ3v) is 7.96. The molecule has 3 aromatic heterocycles. The first-order chi connectivity index (χ1) is 16.5. The molecule has 0 aromatic carbocycles. The number of fused-ring (bicyclic) bond motifs is 2. The molecule has 4 heterocycles. The molecule has 0 unspecified atom stereocenters. The SMILES string of the molecule is CN=C(C=CN)c1cc(-c2cnc3c(c2)CNCC3)nc2sc(N(O)C3CCC3)c(C(C)C)c12. The molecule has 0 atom stereocenters. The quantitative estimate of drug-likeness (QED) is 0.350. The van der Waals surface area contributed by atoms with Crippen molar-refractivity contribution in [3.8, 4) is 11.3 Å². The monoisotopic (exact) mass is 476 g/mol. The van der Waals surface area contributed by atoms with Crippen molar-refractivity contribution in [2.75, 3.05) is 18.7 Å². The van der Waals surface area contributed by atoms with E-state index in [0.29, 0.717) is 0 Å². The molecule has 2 aliphatic rings. The van der Waals surface area contributed by atoms with Gasteiger partial charge in [0, 0.05) is 60.5 Å². The van der Waals surface area contributed by atoms with Crippen molar-refractivity contribution in [2.45, 2.75) is 58.0 Å². The molecule has 0 bridgehead atoms. The van der Waals surface area contributed by atoms with Crippen LogP contribution in [0.1, 0.15) is 61.4 Å². The van der Waals surface area contributed by atoms with Crippen LogP contribution in [0.4, 0.5) is 5.00 Å². The van der Waals surface area contributed by atoms with E-state index in [1.165, 1.54) is 16.8 Å². The largest absolute Gasteiger partial charge is 0.405 e. The molecule has 0 radical (unpaired) electrons. The molecule has 8 heteroatoms. The molecule has 1 saturated carbocycles. The number of anilines is 1. The van der Waals surface area contributed by atoms with Crippen LogP contribution < -0.4 is 16.1 Å². The highest BCUT2D eigenvalue weighted by atomic mass is 32.1. The van der Waals surface area contributed by atoms with Gasteiger partial charge in [-0.3, -0.25) is 15.2 Å². The predicted molar refractivity (Wildman–Crippen MR) is 140 cm³/mol. The van der Waals surface area contributed by atoms with Crippen LogP contribution in [0.2, 0.25) is 0 Å². The van der Waals surface area contributed by atoms with Crippen molar-refractivity contribution in [2.24, 2.45) is 10.7 Å². The van der Waals surface area contributed by atoms with Crippen LogP contribution in [-0.2, 0) is 13.0 Å². The lowest BCUT2D eigenvalue weighted by atomic mass is 9.91. The topological polar surface area (TPSA) is 99.7 Å². The highest BCUT2D eigenvalue weighted by Gasteiger charge is 2.30. The number of hydroxylamine groups is 1. The number of nitrogens with two attached hydrogens (primary N) is 1. The maximum Gasteiger partial charge on any atom is 0.127 e. The molecule has 34 heavy (non-hydrogen) atoms. The molecule has 3 aromatic rings. The van der Waals surface area contributed by atoms with Gasteiger partial charge in [-0.05, 0) is 55.2 Å². The first kappa shape index (κ1) is 23.0. The number of hydrogen-bond acceptors (Lipinski definition) is 8. The first-order valence-electron chi connectivity index (χ1n) is 12.0. The van der Waals surface area contributed by atoms with Gasteiger partial charge in [-0.15, -0.1) is 0 Å². The smallest absolute Gasteiger partial charge is 0.127 e. The summed E-state index contributed by atoms with van der Waals surface area (Å²) >= 11 is 1.56. The van der Waals surface area contributed by atoms with E-state index in [2.05, 4.69) is 36.3 Å². The average molecular weight is 477 g/mol. The third-order valence-electron chi connectivity index (χ3n) is 6.87. The fraction of sp³-hybridized carbons (Fsp3) is 0.423. The number of nitrogens with one attached hydrogen (secondary N) is 1. The van der Waals surface area contributed by atoms with Crippen LogP contribution in [0.5, 0.6) is 0 Å². The zero-order valence-corrected chi connectivity index (χ0v) is 20.8. The maximum atomic E-state index is 11.1. The van der Waals surface area contributed by atoms with Crippen LogP contribution >= 0.6 is 11.3 Å². The Hall–Kier alpha value is -2.81. The Balaban J connectivity index is 1.74. The molecule has 1 fully saturated rings. The molecule has 1 aliphatic carbocycles. The number of aromatic nitrogens is 2. The summed E-state index contributed by atoms with van der Waals surface area (Å²) in [7, 11) is 1.78. The number of pyridine rings is 2. The van der Waals surface area contributed by atoms with E-state index >= 15 is 0 Å².